The second-order valence-corrected chi connectivity index (χ2v) is 8.35. The Bertz CT molecular complexity index is 1170. The minimum Gasteiger partial charge on any atom is -0.457 e. The van der Waals surface area contributed by atoms with Crippen LogP contribution in [-0.2, 0) is 6.42 Å². The average Bonchev–Trinajstić information content (AvgIpc) is 3.40. The minimum atomic E-state index is -0.0316. The molecule has 1 saturated heterocycles. The summed E-state index contributed by atoms with van der Waals surface area (Å²) in [5.74, 6) is 1.31. The molecule has 1 fully saturated rings. The summed E-state index contributed by atoms with van der Waals surface area (Å²) in [7, 11) is 1.82. The molecular weight excluding hydrogens is 426 g/mol. The van der Waals surface area contributed by atoms with Gasteiger partial charge in [-0.05, 0) is 61.7 Å². The number of carbonyl (C=O) groups excluding carboxylic acids is 1. The third-order valence-electron chi connectivity index (χ3n) is 6.11. The Morgan fingerprint density at radius 3 is 2.79 bits per heavy atom. The van der Waals surface area contributed by atoms with Gasteiger partial charge in [0.25, 0.3) is 5.91 Å². The number of amides is 1. The van der Waals surface area contributed by atoms with Crippen molar-refractivity contribution in [3.63, 3.8) is 0 Å². The highest BCUT2D eigenvalue weighted by Crippen LogP contribution is 2.29. The van der Waals surface area contributed by atoms with Crippen LogP contribution in [0.2, 0.25) is 0 Å². The van der Waals surface area contributed by atoms with Gasteiger partial charge < -0.3 is 26.1 Å². The fourth-order valence-electron chi connectivity index (χ4n) is 4.22. The fourth-order valence-corrected chi connectivity index (χ4v) is 4.22. The first-order valence-corrected chi connectivity index (χ1v) is 11.7. The smallest absolute Gasteiger partial charge is 0.251 e. The van der Waals surface area contributed by atoms with Gasteiger partial charge in [0.05, 0.1) is 5.69 Å². The Morgan fingerprint density at radius 2 is 2.06 bits per heavy atom. The molecule has 7 heteroatoms. The first-order valence-electron chi connectivity index (χ1n) is 11.7. The van der Waals surface area contributed by atoms with E-state index in [0.29, 0.717) is 29.6 Å². The molecule has 1 aliphatic rings. The number of hydrogen-bond donors (Lipinski definition) is 4. The predicted molar refractivity (Wildman–Crippen MR) is 136 cm³/mol. The van der Waals surface area contributed by atoms with E-state index < -0.39 is 0 Å². The van der Waals surface area contributed by atoms with Gasteiger partial charge in [0.1, 0.15) is 11.5 Å². The summed E-state index contributed by atoms with van der Waals surface area (Å²) in [5, 5.41) is 17.1. The number of carbonyl (C=O) groups is 1. The van der Waals surface area contributed by atoms with Crippen LogP contribution in [0.4, 0.5) is 5.69 Å². The monoisotopic (exact) mass is 457 g/mol. The fraction of sp³-hybridized carbons (Fsp3) is 0.296. The zero-order valence-electron chi connectivity index (χ0n) is 19.7. The molecule has 1 atom stereocenters. The van der Waals surface area contributed by atoms with Crippen LogP contribution >= 0.6 is 0 Å². The number of nitrogens with one attached hydrogen (secondary N) is 4. The van der Waals surface area contributed by atoms with E-state index in [1.165, 1.54) is 6.21 Å². The predicted octanol–water partition coefficient (Wildman–Crippen LogP) is 4.62. The molecule has 4 rings (SSSR count). The van der Waals surface area contributed by atoms with Crippen LogP contribution in [0, 0.1) is 5.41 Å². The van der Waals surface area contributed by atoms with Crippen molar-refractivity contribution >= 4 is 17.8 Å². The van der Waals surface area contributed by atoms with Crippen LogP contribution in [0.3, 0.4) is 0 Å². The van der Waals surface area contributed by atoms with E-state index in [9.17, 15) is 4.79 Å². The lowest BCUT2D eigenvalue weighted by molar-refractivity contribution is 0.0949. The second kappa shape index (κ2) is 10.9. The van der Waals surface area contributed by atoms with Crippen molar-refractivity contribution < 1.29 is 9.53 Å². The van der Waals surface area contributed by atoms with Crippen LogP contribution in [0.25, 0.3) is 11.3 Å². The average molecular weight is 458 g/mol. The van der Waals surface area contributed by atoms with E-state index in [1.807, 2.05) is 55.6 Å². The molecule has 34 heavy (non-hydrogen) atoms. The van der Waals surface area contributed by atoms with Crippen molar-refractivity contribution in [2.45, 2.75) is 32.2 Å². The zero-order chi connectivity index (χ0) is 23.9. The number of nitrogens with zero attached hydrogens (tertiary/aromatic N) is 1. The van der Waals surface area contributed by atoms with Crippen molar-refractivity contribution in [1.29, 1.82) is 5.41 Å². The highest BCUT2D eigenvalue weighted by atomic mass is 16.5. The summed E-state index contributed by atoms with van der Waals surface area (Å²) >= 11 is 0. The number of aryl methyl sites for hydroxylation is 1. The Morgan fingerprint density at radius 1 is 1.21 bits per heavy atom. The third kappa shape index (κ3) is 5.43. The molecule has 7 nitrogen and oxygen atoms in total. The molecule has 3 aromatic rings. The maximum atomic E-state index is 12.8. The highest BCUT2D eigenvalue weighted by Gasteiger charge is 2.17. The number of rotatable bonds is 9. The molecule has 0 radical (unpaired) electrons. The van der Waals surface area contributed by atoms with Gasteiger partial charge in [-0.25, -0.2) is 0 Å². The summed E-state index contributed by atoms with van der Waals surface area (Å²) in [6.45, 7) is 3.73. The maximum Gasteiger partial charge on any atom is 0.251 e. The molecule has 176 valence electrons. The van der Waals surface area contributed by atoms with Crippen molar-refractivity contribution in [2.24, 2.45) is 0 Å². The largest absolute Gasteiger partial charge is 0.457 e. The molecule has 4 N–H and O–H groups in total. The quantitative estimate of drug-likeness (QED) is 0.351. The molecule has 2 heterocycles. The van der Waals surface area contributed by atoms with Gasteiger partial charge in [-0.2, -0.15) is 0 Å². The molecule has 0 aliphatic carbocycles. The Balaban J connectivity index is 1.51. The second-order valence-electron chi connectivity index (χ2n) is 8.35. The molecule has 1 aliphatic heterocycles. The maximum absolute atomic E-state index is 12.8. The van der Waals surface area contributed by atoms with Gasteiger partial charge in [0.15, 0.2) is 0 Å². The SMILES string of the molecule is CCc1cc(-c2cc(Oc3ccc(C=N)c(NC)c3)ccn2)ccc1C(=O)NC[C@@H]1CCCN1. The minimum absolute atomic E-state index is 0.0316. The zero-order valence-corrected chi connectivity index (χ0v) is 19.7. The molecule has 1 amide bonds. The van der Waals surface area contributed by atoms with Crippen LogP contribution in [0.15, 0.2) is 54.7 Å². The number of ether oxygens (including phenoxy) is 1. The molecule has 0 spiro atoms. The summed E-state index contributed by atoms with van der Waals surface area (Å²) in [4.78, 5) is 17.3. The lowest BCUT2D eigenvalue weighted by Crippen LogP contribution is -2.37. The Kier molecular flexibility index (Phi) is 7.54. The standard InChI is InChI=1S/C27H31N5O2/c1-3-18-13-19(7-9-24(18)27(33)32-17-21-5-4-11-30-21)26-15-23(10-12-31-26)34-22-8-6-20(16-28)25(14-22)29-2/h6-10,12-16,21,28-30H,3-5,11,17H2,1-2H3,(H,32,33)/t21-/m0/s1. The van der Waals surface area contributed by atoms with Crippen LogP contribution < -0.4 is 20.7 Å². The van der Waals surface area contributed by atoms with Gasteiger partial charge in [0, 0.05) is 66.6 Å². The van der Waals surface area contributed by atoms with E-state index in [1.54, 1.807) is 6.20 Å². The van der Waals surface area contributed by atoms with Crippen molar-refractivity contribution in [3.8, 4) is 22.8 Å². The Hall–Kier alpha value is -3.71. The molecule has 0 unspecified atom stereocenters. The normalized spacial score (nSPS) is 15.1. The first-order chi connectivity index (χ1) is 16.6. The Labute approximate surface area is 200 Å². The van der Waals surface area contributed by atoms with E-state index in [2.05, 4.69) is 27.9 Å². The lowest BCUT2D eigenvalue weighted by Gasteiger charge is -2.14. The summed E-state index contributed by atoms with van der Waals surface area (Å²) in [5.41, 5.74) is 5.03. The number of benzene rings is 2. The van der Waals surface area contributed by atoms with Gasteiger partial charge in [0.2, 0.25) is 0 Å². The number of hydrogen-bond acceptors (Lipinski definition) is 6. The highest BCUT2D eigenvalue weighted by molar-refractivity contribution is 5.96. The van der Waals surface area contributed by atoms with Gasteiger partial charge in [-0.1, -0.05) is 13.0 Å². The van der Waals surface area contributed by atoms with Crippen LogP contribution in [-0.4, -0.2) is 43.3 Å². The molecular formula is C27H31N5O2. The van der Waals surface area contributed by atoms with Crippen molar-refractivity contribution in [1.82, 2.24) is 15.6 Å². The van der Waals surface area contributed by atoms with E-state index in [0.717, 1.165) is 53.9 Å². The van der Waals surface area contributed by atoms with Crippen molar-refractivity contribution in [2.75, 3.05) is 25.5 Å². The van der Waals surface area contributed by atoms with Gasteiger partial charge >= 0.3 is 0 Å². The summed E-state index contributed by atoms with van der Waals surface area (Å²) < 4.78 is 6.06. The number of aromatic nitrogens is 1. The summed E-state index contributed by atoms with van der Waals surface area (Å²) in [6, 6.07) is 15.5. The molecule has 0 saturated carbocycles. The third-order valence-corrected chi connectivity index (χ3v) is 6.11. The molecule has 0 bridgehead atoms. The van der Waals surface area contributed by atoms with E-state index in [4.69, 9.17) is 10.1 Å². The van der Waals surface area contributed by atoms with Crippen LogP contribution in [0.5, 0.6) is 11.5 Å². The van der Waals surface area contributed by atoms with Crippen LogP contribution in [0.1, 0.15) is 41.3 Å². The van der Waals surface area contributed by atoms with Crippen molar-refractivity contribution in [3.05, 3.63) is 71.4 Å². The lowest BCUT2D eigenvalue weighted by atomic mass is 9.99. The van der Waals surface area contributed by atoms with E-state index >= 15 is 0 Å². The first kappa shape index (κ1) is 23.4. The number of anilines is 1. The van der Waals surface area contributed by atoms with Gasteiger partial charge in [-0.15, -0.1) is 0 Å². The number of pyridine rings is 1. The molecule has 1 aromatic heterocycles. The van der Waals surface area contributed by atoms with E-state index in [-0.39, 0.29) is 5.91 Å². The van der Waals surface area contributed by atoms with Gasteiger partial charge in [-0.3, -0.25) is 9.78 Å². The summed E-state index contributed by atoms with van der Waals surface area (Å²) in [6.07, 6.45) is 6.04. The topological polar surface area (TPSA) is 99.1 Å². The molecule has 2 aromatic carbocycles.